The third kappa shape index (κ3) is 2.91. The summed E-state index contributed by atoms with van der Waals surface area (Å²) in [6, 6.07) is 6.12. The fraction of sp³-hybridized carbons (Fsp3) is 0.385. The average molecular weight is 189 g/mol. The molecule has 0 fully saturated rings. The Morgan fingerprint density at radius 3 is 2.57 bits per heavy atom. The summed E-state index contributed by atoms with van der Waals surface area (Å²) in [7, 11) is 1.68. The molecule has 1 nitrogen and oxygen atoms in total. The third-order valence-corrected chi connectivity index (χ3v) is 2.05. The zero-order valence-electron chi connectivity index (χ0n) is 9.13. The molecule has 1 heteroatoms. The van der Waals surface area contributed by atoms with Crippen molar-refractivity contribution >= 4 is 0 Å². The fourth-order valence-electron chi connectivity index (χ4n) is 1.47. The normalized spacial score (nSPS) is 10.3. The number of benzene rings is 1. The van der Waals surface area contributed by atoms with Gasteiger partial charge in [0, 0.05) is 0 Å². The Morgan fingerprint density at radius 1 is 1.36 bits per heavy atom. The molecule has 0 aliphatic carbocycles. The van der Waals surface area contributed by atoms with Crippen LogP contribution in [0.1, 0.15) is 25.0 Å². The average Bonchev–Trinajstić information content (AvgIpc) is 2.16. The molecule has 14 heavy (non-hydrogen) atoms. The van der Waals surface area contributed by atoms with Crippen LogP contribution in [0.3, 0.4) is 0 Å². The van der Waals surface area contributed by atoms with E-state index in [1.807, 2.05) is 6.07 Å². The van der Waals surface area contributed by atoms with Gasteiger partial charge in [0.2, 0.25) is 0 Å². The second-order valence-corrected chi connectivity index (χ2v) is 3.84. The summed E-state index contributed by atoms with van der Waals surface area (Å²) in [5.41, 5.74) is 2.28. The van der Waals surface area contributed by atoms with Crippen molar-refractivity contribution in [1.82, 2.24) is 0 Å². The van der Waals surface area contributed by atoms with Crippen molar-refractivity contribution in [3.05, 3.63) is 42.0 Å². The van der Waals surface area contributed by atoms with Crippen LogP contribution in [-0.4, -0.2) is 7.11 Å². The van der Waals surface area contributed by atoms with E-state index in [0.717, 1.165) is 17.7 Å². The van der Waals surface area contributed by atoms with E-state index in [4.69, 9.17) is 4.74 Å². The lowest BCUT2D eigenvalue weighted by Crippen LogP contribution is -1.95. The topological polar surface area (TPSA) is 9.23 Å². The van der Waals surface area contributed by atoms with Crippen molar-refractivity contribution in [2.75, 3.05) is 7.11 Å². The summed E-state index contributed by atoms with van der Waals surface area (Å²) in [5, 5.41) is 0. The van der Waals surface area contributed by atoms with Gasteiger partial charge in [-0.2, -0.15) is 0 Å². The summed E-state index contributed by atoms with van der Waals surface area (Å²) in [4.78, 5) is 0. The monoisotopic (exact) mass is 189 g/mol. The summed E-state index contributed by atoms with van der Waals surface area (Å²) in [6.07, 6.45) is 3.95. The van der Waals surface area contributed by atoms with E-state index in [0.29, 0.717) is 5.92 Å². The summed E-state index contributed by atoms with van der Waals surface area (Å²) in [5.74, 6) is 1.54. The lowest BCUT2D eigenvalue weighted by molar-refractivity contribution is 0.413. The van der Waals surface area contributed by atoms with Gasteiger partial charge in [-0.05, 0) is 41.7 Å². The van der Waals surface area contributed by atoms with E-state index >= 15 is 0 Å². The predicted octanol–water partition coefficient (Wildman–Crippen LogP) is 3.23. The minimum Gasteiger partial charge on any atom is -0.497 e. The van der Waals surface area contributed by atoms with Crippen LogP contribution in [-0.2, 0) is 6.42 Å². The van der Waals surface area contributed by atoms with E-state index in [1.165, 1.54) is 5.56 Å². The van der Waals surface area contributed by atoms with Crippen LogP contribution in [0.4, 0.5) is 0 Å². The SMILES string of the molecule is C=[C]c1cc(CC(C)C)cc(OC)c1. The first-order valence-electron chi connectivity index (χ1n) is 4.86. The molecular weight excluding hydrogens is 172 g/mol. The fourth-order valence-corrected chi connectivity index (χ4v) is 1.47. The first-order chi connectivity index (χ1) is 6.65. The molecule has 0 amide bonds. The number of ether oxygens (including phenoxy) is 1. The Hall–Kier alpha value is -1.24. The molecule has 0 heterocycles. The largest absolute Gasteiger partial charge is 0.497 e. The molecule has 1 rings (SSSR count). The number of methoxy groups -OCH3 is 1. The molecule has 0 spiro atoms. The van der Waals surface area contributed by atoms with Crippen LogP contribution >= 0.6 is 0 Å². The smallest absolute Gasteiger partial charge is 0.119 e. The van der Waals surface area contributed by atoms with Gasteiger partial charge in [0.05, 0.1) is 7.11 Å². The summed E-state index contributed by atoms with van der Waals surface area (Å²) in [6.45, 7) is 8.06. The van der Waals surface area contributed by atoms with Crippen molar-refractivity contribution in [2.45, 2.75) is 20.3 Å². The van der Waals surface area contributed by atoms with Crippen molar-refractivity contribution in [3.63, 3.8) is 0 Å². The molecule has 1 radical (unpaired) electrons. The van der Waals surface area contributed by atoms with Gasteiger partial charge in [0.15, 0.2) is 0 Å². The number of hydrogen-bond donors (Lipinski definition) is 0. The highest BCUT2D eigenvalue weighted by molar-refractivity contribution is 5.37. The first kappa shape index (κ1) is 10.8. The van der Waals surface area contributed by atoms with Crippen LogP contribution < -0.4 is 4.74 Å². The molecule has 0 atom stereocenters. The zero-order chi connectivity index (χ0) is 10.6. The predicted molar refractivity (Wildman–Crippen MR) is 59.5 cm³/mol. The van der Waals surface area contributed by atoms with Gasteiger partial charge in [-0.3, -0.25) is 0 Å². The Kier molecular flexibility index (Phi) is 3.75. The highest BCUT2D eigenvalue weighted by Gasteiger charge is 2.01. The van der Waals surface area contributed by atoms with E-state index < -0.39 is 0 Å². The molecule has 0 saturated heterocycles. The van der Waals surface area contributed by atoms with Crippen LogP contribution in [0, 0.1) is 12.0 Å². The maximum atomic E-state index is 5.21. The second kappa shape index (κ2) is 4.85. The maximum Gasteiger partial charge on any atom is 0.119 e. The van der Waals surface area contributed by atoms with Gasteiger partial charge < -0.3 is 4.74 Å². The van der Waals surface area contributed by atoms with E-state index in [2.05, 4.69) is 38.6 Å². The Morgan fingerprint density at radius 2 is 2.07 bits per heavy atom. The molecule has 0 saturated carbocycles. The molecular formula is C13H17O. The highest BCUT2D eigenvalue weighted by Crippen LogP contribution is 2.19. The molecule has 0 unspecified atom stereocenters. The summed E-state index contributed by atoms with van der Waals surface area (Å²) >= 11 is 0. The van der Waals surface area contributed by atoms with Crippen LogP contribution in [0.25, 0.3) is 0 Å². The lowest BCUT2D eigenvalue weighted by atomic mass is 10.0. The Balaban J connectivity index is 2.98. The van der Waals surface area contributed by atoms with Gasteiger partial charge >= 0.3 is 0 Å². The molecule has 75 valence electrons. The molecule has 0 aromatic heterocycles. The van der Waals surface area contributed by atoms with Crippen LogP contribution in [0.5, 0.6) is 5.75 Å². The Bertz CT molecular complexity index is 313. The molecule has 0 bridgehead atoms. The van der Waals surface area contributed by atoms with E-state index in [1.54, 1.807) is 7.11 Å². The number of hydrogen-bond acceptors (Lipinski definition) is 1. The number of rotatable bonds is 4. The minimum atomic E-state index is 0.653. The van der Waals surface area contributed by atoms with Crippen molar-refractivity contribution < 1.29 is 4.74 Å². The van der Waals surface area contributed by atoms with E-state index in [9.17, 15) is 0 Å². The highest BCUT2D eigenvalue weighted by atomic mass is 16.5. The molecule has 1 aromatic rings. The van der Waals surface area contributed by atoms with Gasteiger partial charge in [0.25, 0.3) is 0 Å². The van der Waals surface area contributed by atoms with E-state index in [-0.39, 0.29) is 0 Å². The zero-order valence-corrected chi connectivity index (χ0v) is 9.13. The molecule has 0 aliphatic rings. The van der Waals surface area contributed by atoms with Gasteiger partial charge in [-0.1, -0.05) is 26.5 Å². The molecule has 0 N–H and O–H groups in total. The maximum absolute atomic E-state index is 5.21. The molecule has 1 aromatic carbocycles. The van der Waals surface area contributed by atoms with Gasteiger partial charge in [-0.15, -0.1) is 0 Å². The molecule has 0 aliphatic heterocycles. The quantitative estimate of drug-likeness (QED) is 0.706. The second-order valence-electron chi connectivity index (χ2n) is 3.84. The summed E-state index contributed by atoms with van der Waals surface area (Å²) < 4.78 is 5.21. The third-order valence-electron chi connectivity index (χ3n) is 2.05. The van der Waals surface area contributed by atoms with Gasteiger partial charge in [0.1, 0.15) is 5.75 Å². The lowest BCUT2D eigenvalue weighted by Gasteiger charge is -2.08. The van der Waals surface area contributed by atoms with Crippen LogP contribution in [0.2, 0.25) is 0 Å². The van der Waals surface area contributed by atoms with Gasteiger partial charge in [-0.25, -0.2) is 0 Å². The Labute approximate surface area is 86.4 Å². The first-order valence-corrected chi connectivity index (χ1v) is 4.86. The minimum absolute atomic E-state index is 0.653. The van der Waals surface area contributed by atoms with Crippen molar-refractivity contribution in [3.8, 4) is 5.75 Å². The van der Waals surface area contributed by atoms with Crippen molar-refractivity contribution in [2.24, 2.45) is 5.92 Å². The standard InChI is InChI=1S/C13H17O/c1-5-11-7-12(6-10(2)3)9-13(8-11)14-4/h7-10H,1,6H2,2-4H3. The van der Waals surface area contributed by atoms with Crippen LogP contribution in [0.15, 0.2) is 24.8 Å². The van der Waals surface area contributed by atoms with Crippen molar-refractivity contribution in [1.29, 1.82) is 0 Å².